The zero-order chi connectivity index (χ0) is 20.9. The van der Waals surface area contributed by atoms with Gasteiger partial charge in [-0.3, -0.25) is 9.89 Å². The van der Waals surface area contributed by atoms with Crippen LogP contribution in [0.3, 0.4) is 0 Å². The highest BCUT2D eigenvalue weighted by atomic mass is 35.5. The minimum absolute atomic E-state index is 0.305. The van der Waals surface area contributed by atoms with Crippen LogP contribution >= 0.6 is 11.6 Å². The van der Waals surface area contributed by atoms with Crippen LogP contribution in [0.4, 0.5) is 0 Å². The number of ether oxygens (including phenoxy) is 1. The van der Waals surface area contributed by atoms with Crippen molar-refractivity contribution in [2.45, 2.75) is 0 Å². The SMILES string of the molecule is COc1ccc(-c2ccc(/C=N\NC(=O)c3cc(-c4ccccc4)n[nH]3)o2)cc1Cl. The van der Waals surface area contributed by atoms with Gasteiger partial charge in [0.05, 0.1) is 24.0 Å². The molecule has 0 saturated heterocycles. The maximum atomic E-state index is 12.3. The van der Waals surface area contributed by atoms with Crippen LogP contribution < -0.4 is 10.2 Å². The van der Waals surface area contributed by atoms with Gasteiger partial charge >= 0.3 is 0 Å². The van der Waals surface area contributed by atoms with E-state index in [9.17, 15) is 4.79 Å². The zero-order valence-electron chi connectivity index (χ0n) is 15.9. The molecule has 1 amide bonds. The van der Waals surface area contributed by atoms with Crippen molar-refractivity contribution >= 4 is 23.7 Å². The third-order valence-corrected chi connectivity index (χ3v) is 4.61. The van der Waals surface area contributed by atoms with Gasteiger partial charge in [-0.25, -0.2) is 5.43 Å². The molecule has 0 aliphatic rings. The van der Waals surface area contributed by atoms with E-state index >= 15 is 0 Å². The number of carbonyl (C=O) groups excluding carboxylic acids is 1. The zero-order valence-corrected chi connectivity index (χ0v) is 16.7. The van der Waals surface area contributed by atoms with Crippen LogP contribution in [-0.4, -0.2) is 29.4 Å². The normalized spacial score (nSPS) is 11.0. The summed E-state index contributed by atoms with van der Waals surface area (Å²) in [6.45, 7) is 0. The number of nitrogens with one attached hydrogen (secondary N) is 2. The number of hydrazone groups is 1. The van der Waals surface area contributed by atoms with Gasteiger partial charge in [0.1, 0.15) is 23.0 Å². The number of carbonyl (C=O) groups is 1. The topological polar surface area (TPSA) is 92.5 Å². The van der Waals surface area contributed by atoms with Crippen molar-refractivity contribution in [2.24, 2.45) is 5.10 Å². The molecule has 4 rings (SSSR count). The third kappa shape index (κ3) is 4.26. The Kier molecular flexibility index (Phi) is 5.63. The van der Waals surface area contributed by atoms with Crippen LogP contribution in [0, 0.1) is 0 Å². The summed E-state index contributed by atoms with van der Waals surface area (Å²) in [6.07, 6.45) is 1.42. The Balaban J connectivity index is 1.40. The lowest BCUT2D eigenvalue weighted by atomic mass is 10.1. The fourth-order valence-electron chi connectivity index (χ4n) is 2.81. The van der Waals surface area contributed by atoms with Gasteiger partial charge in [0.2, 0.25) is 0 Å². The molecular formula is C22H17ClN4O3. The molecule has 0 fully saturated rings. The minimum Gasteiger partial charge on any atom is -0.495 e. The summed E-state index contributed by atoms with van der Waals surface area (Å²) < 4.78 is 10.9. The number of H-pyrrole nitrogens is 1. The monoisotopic (exact) mass is 420 g/mol. The van der Waals surface area contributed by atoms with E-state index in [4.69, 9.17) is 20.8 Å². The van der Waals surface area contributed by atoms with Gasteiger partial charge in [0, 0.05) is 11.1 Å². The molecule has 2 heterocycles. The molecule has 7 nitrogen and oxygen atoms in total. The van der Waals surface area contributed by atoms with Crippen LogP contribution in [0.15, 0.2) is 76.2 Å². The molecule has 2 N–H and O–H groups in total. The lowest BCUT2D eigenvalue weighted by Gasteiger charge is -2.04. The Morgan fingerprint density at radius 3 is 2.73 bits per heavy atom. The molecule has 0 saturated carbocycles. The number of methoxy groups -OCH3 is 1. The molecule has 2 aromatic carbocycles. The standard InChI is InChI=1S/C22H17ClN4O3/c1-29-21-9-7-15(11-17(21)23)20-10-8-16(30-20)13-24-27-22(28)19-12-18(25-26-19)14-5-3-2-4-6-14/h2-13H,1H3,(H,25,26)(H,27,28)/b24-13-. The van der Waals surface area contributed by atoms with E-state index < -0.39 is 5.91 Å². The molecule has 0 unspecified atom stereocenters. The number of rotatable bonds is 6. The quantitative estimate of drug-likeness (QED) is 0.347. The Morgan fingerprint density at radius 2 is 1.97 bits per heavy atom. The first kappa shape index (κ1) is 19.5. The lowest BCUT2D eigenvalue weighted by molar-refractivity contribution is 0.0950. The van der Waals surface area contributed by atoms with Crippen LogP contribution in [0.25, 0.3) is 22.6 Å². The first-order chi connectivity index (χ1) is 14.6. The van der Waals surface area contributed by atoms with Gasteiger partial charge in [-0.15, -0.1) is 0 Å². The van der Waals surface area contributed by atoms with Crippen LogP contribution in [0.5, 0.6) is 5.75 Å². The number of benzene rings is 2. The molecule has 4 aromatic rings. The number of amides is 1. The summed E-state index contributed by atoms with van der Waals surface area (Å²) in [5, 5.41) is 11.3. The number of hydrogen-bond donors (Lipinski definition) is 2. The highest BCUT2D eigenvalue weighted by Gasteiger charge is 2.11. The molecule has 150 valence electrons. The van der Waals surface area contributed by atoms with Crippen LogP contribution in [0.2, 0.25) is 5.02 Å². The van der Waals surface area contributed by atoms with Gasteiger partial charge in [-0.1, -0.05) is 41.9 Å². The van der Waals surface area contributed by atoms with E-state index in [-0.39, 0.29) is 0 Å². The first-order valence-corrected chi connectivity index (χ1v) is 9.40. The first-order valence-electron chi connectivity index (χ1n) is 9.02. The summed E-state index contributed by atoms with van der Waals surface area (Å²) in [4.78, 5) is 12.3. The van der Waals surface area contributed by atoms with Gasteiger partial charge < -0.3 is 9.15 Å². The molecule has 0 aliphatic carbocycles. The van der Waals surface area contributed by atoms with E-state index in [0.717, 1.165) is 11.1 Å². The lowest BCUT2D eigenvalue weighted by Crippen LogP contribution is -2.17. The molecule has 0 atom stereocenters. The molecule has 8 heteroatoms. The van der Waals surface area contributed by atoms with Crippen molar-refractivity contribution in [3.8, 4) is 28.3 Å². The average molecular weight is 421 g/mol. The second-order valence-corrected chi connectivity index (χ2v) is 6.69. The van der Waals surface area contributed by atoms with E-state index in [1.807, 2.05) is 36.4 Å². The molecule has 0 aliphatic heterocycles. The number of hydrogen-bond acceptors (Lipinski definition) is 5. The Labute approximate surface area is 177 Å². The van der Waals surface area contributed by atoms with Crippen molar-refractivity contribution < 1.29 is 13.9 Å². The van der Waals surface area contributed by atoms with Crippen molar-refractivity contribution in [1.82, 2.24) is 15.6 Å². The maximum absolute atomic E-state index is 12.3. The largest absolute Gasteiger partial charge is 0.495 e. The molecule has 0 radical (unpaired) electrons. The summed E-state index contributed by atoms with van der Waals surface area (Å²) in [5.41, 5.74) is 5.15. The smallest absolute Gasteiger partial charge is 0.289 e. The fourth-order valence-corrected chi connectivity index (χ4v) is 3.06. The molecule has 0 bridgehead atoms. The average Bonchev–Trinajstić information content (AvgIpc) is 3.44. The number of nitrogens with zero attached hydrogens (tertiary/aromatic N) is 2. The molecular weight excluding hydrogens is 404 g/mol. The third-order valence-electron chi connectivity index (χ3n) is 4.31. The Morgan fingerprint density at radius 1 is 1.13 bits per heavy atom. The van der Waals surface area contributed by atoms with Gasteiger partial charge in [0.25, 0.3) is 5.91 Å². The summed E-state index contributed by atoms with van der Waals surface area (Å²) in [7, 11) is 1.56. The van der Waals surface area contributed by atoms with Gasteiger partial charge in [-0.05, 0) is 36.4 Å². The van der Waals surface area contributed by atoms with E-state index in [0.29, 0.717) is 33.7 Å². The second kappa shape index (κ2) is 8.67. The molecule has 2 aromatic heterocycles. The fraction of sp³-hybridized carbons (Fsp3) is 0.0455. The second-order valence-electron chi connectivity index (χ2n) is 6.28. The number of furan rings is 1. The number of halogens is 1. The van der Waals surface area contributed by atoms with Crippen molar-refractivity contribution in [2.75, 3.05) is 7.11 Å². The minimum atomic E-state index is -0.408. The van der Waals surface area contributed by atoms with Gasteiger partial charge in [-0.2, -0.15) is 10.2 Å². The predicted molar refractivity (Wildman–Crippen MR) is 115 cm³/mol. The van der Waals surface area contributed by atoms with E-state index in [1.54, 1.807) is 37.4 Å². The van der Waals surface area contributed by atoms with Crippen molar-refractivity contribution in [3.63, 3.8) is 0 Å². The summed E-state index contributed by atoms with van der Waals surface area (Å²) >= 11 is 6.16. The highest BCUT2D eigenvalue weighted by Crippen LogP contribution is 2.30. The van der Waals surface area contributed by atoms with E-state index in [2.05, 4.69) is 20.7 Å². The number of aromatic amines is 1. The maximum Gasteiger partial charge on any atom is 0.289 e. The highest BCUT2D eigenvalue weighted by molar-refractivity contribution is 6.32. The van der Waals surface area contributed by atoms with Crippen LogP contribution in [-0.2, 0) is 0 Å². The van der Waals surface area contributed by atoms with E-state index in [1.165, 1.54) is 6.21 Å². The van der Waals surface area contributed by atoms with Crippen LogP contribution in [0.1, 0.15) is 16.2 Å². The molecule has 0 spiro atoms. The summed E-state index contributed by atoms with van der Waals surface area (Å²) in [6, 6.07) is 20.1. The predicted octanol–water partition coefficient (Wildman–Crippen LogP) is 4.76. The number of aromatic nitrogens is 2. The Bertz CT molecular complexity index is 1200. The summed E-state index contributed by atoms with van der Waals surface area (Å²) in [5.74, 6) is 1.28. The van der Waals surface area contributed by atoms with Crippen molar-refractivity contribution in [1.29, 1.82) is 0 Å². The Hall–Kier alpha value is -3.84. The van der Waals surface area contributed by atoms with Gasteiger partial charge in [0.15, 0.2) is 0 Å². The van der Waals surface area contributed by atoms with Crippen molar-refractivity contribution in [3.05, 3.63) is 83.2 Å². The molecule has 30 heavy (non-hydrogen) atoms.